The van der Waals surface area contributed by atoms with Crippen LogP contribution in [-0.2, 0) is 26.2 Å². The number of piperidine rings is 1. The molecule has 1 saturated heterocycles. The minimum atomic E-state index is -5.21. The van der Waals surface area contributed by atoms with Crippen LogP contribution in [0.15, 0.2) is 10.9 Å². The number of amides is 4. The van der Waals surface area contributed by atoms with Crippen LogP contribution in [0.25, 0.3) is 0 Å². The Morgan fingerprint density at radius 1 is 1.16 bits per heavy atom. The standard InChI is InChI=1S/C24H33F3N6O5/c1-10-29-12(8-13(34)32(10)7)15(18(28)35)30-19(36)16-14-11(23(14,5)6)9-33(16)20(37)17(22(2,3)4)31-21(38)24(25,26)27/h8,11,14-17H,9H2,1-7H3,(H2,28,35)(H,30,36)(H,31,38)/t11-,14-,15?,16-,17?/m0/s1. The average Bonchev–Trinajstić information content (AvgIpc) is 3.10. The van der Waals surface area contributed by atoms with Crippen molar-refractivity contribution in [2.75, 3.05) is 6.54 Å². The van der Waals surface area contributed by atoms with Gasteiger partial charge in [0.25, 0.3) is 5.56 Å². The largest absolute Gasteiger partial charge is 0.471 e. The lowest BCUT2D eigenvalue weighted by Crippen LogP contribution is -2.61. The molecule has 1 saturated carbocycles. The van der Waals surface area contributed by atoms with Crippen LogP contribution in [-0.4, -0.2) is 62.9 Å². The number of aryl methyl sites for hydroxylation is 1. The van der Waals surface area contributed by atoms with Crippen LogP contribution in [0.5, 0.6) is 0 Å². The first-order valence-corrected chi connectivity index (χ1v) is 12.0. The van der Waals surface area contributed by atoms with Gasteiger partial charge in [0, 0.05) is 19.7 Å². The maximum Gasteiger partial charge on any atom is 0.471 e. The number of nitrogens with zero attached hydrogens (tertiary/aromatic N) is 3. The van der Waals surface area contributed by atoms with E-state index in [9.17, 15) is 37.1 Å². The third-order valence-corrected chi connectivity index (χ3v) is 7.65. The predicted molar refractivity (Wildman–Crippen MR) is 128 cm³/mol. The Kier molecular flexibility index (Phi) is 7.19. The second kappa shape index (κ2) is 9.38. The van der Waals surface area contributed by atoms with Gasteiger partial charge in [-0.05, 0) is 29.6 Å². The van der Waals surface area contributed by atoms with Gasteiger partial charge in [-0.1, -0.05) is 34.6 Å². The van der Waals surface area contributed by atoms with E-state index < -0.39 is 58.9 Å². The first-order valence-electron chi connectivity index (χ1n) is 12.0. The summed E-state index contributed by atoms with van der Waals surface area (Å²) in [6.07, 6.45) is -5.21. The van der Waals surface area contributed by atoms with Gasteiger partial charge >= 0.3 is 12.1 Å². The molecule has 0 radical (unpaired) electrons. The molecule has 11 nitrogen and oxygen atoms in total. The smallest absolute Gasteiger partial charge is 0.368 e. The molecule has 0 aromatic carbocycles. The van der Waals surface area contributed by atoms with Gasteiger partial charge in [0.2, 0.25) is 17.7 Å². The average molecular weight is 543 g/mol. The first kappa shape index (κ1) is 29.1. The fraction of sp³-hybridized carbons (Fsp3) is 0.667. The second-order valence-corrected chi connectivity index (χ2v) is 11.6. The van der Waals surface area contributed by atoms with Gasteiger partial charge in [-0.25, -0.2) is 4.98 Å². The highest BCUT2D eigenvalue weighted by atomic mass is 19.4. The molecule has 3 rings (SSSR count). The zero-order valence-corrected chi connectivity index (χ0v) is 22.3. The van der Waals surface area contributed by atoms with Gasteiger partial charge < -0.3 is 25.8 Å². The Morgan fingerprint density at radius 2 is 1.74 bits per heavy atom. The van der Waals surface area contributed by atoms with E-state index in [1.807, 2.05) is 13.8 Å². The number of primary amides is 1. The number of fused-ring (bicyclic) bond motifs is 1. The van der Waals surface area contributed by atoms with Crippen molar-refractivity contribution in [2.45, 2.75) is 65.8 Å². The summed E-state index contributed by atoms with van der Waals surface area (Å²) >= 11 is 0. The Hall–Kier alpha value is -3.45. The fourth-order valence-corrected chi connectivity index (χ4v) is 5.18. The van der Waals surface area contributed by atoms with E-state index in [4.69, 9.17) is 5.73 Å². The molecule has 14 heteroatoms. The van der Waals surface area contributed by atoms with Crippen LogP contribution >= 0.6 is 0 Å². The number of alkyl halides is 3. The monoisotopic (exact) mass is 542 g/mol. The molecule has 0 bridgehead atoms. The van der Waals surface area contributed by atoms with Gasteiger partial charge in [-0.15, -0.1) is 0 Å². The van der Waals surface area contributed by atoms with Crippen LogP contribution in [0.1, 0.15) is 52.2 Å². The van der Waals surface area contributed by atoms with Gasteiger partial charge in [-0.2, -0.15) is 13.2 Å². The van der Waals surface area contributed by atoms with Gasteiger partial charge in [0.1, 0.15) is 17.9 Å². The second-order valence-electron chi connectivity index (χ2n) is 11.6. The number of halogens is 3. The number of carbonyl (C=O) groups excluding carboxylic acids is 4. The highest BCUT2D eigenvalue weighted by molar-refractivity contribution is 5.96. The third-order valence-electron chi connectivity index (χ3n) is 7.65. The van der Waals surface area contributed by atoms with Crippen molar-refractivity contribution in [1.29, 1.82) is 0 Å². The number of carbonyl (C=O) groups is 4. The van der Waals surface area contributed by atoms with Crippen molar-refractivity contribution in [1.82, 2.24) is 25.1 Å². The van der Waals surface area contributed by atoms with Gasteiger partial charge in [-0.3, -0.25) is 24.0 Å². The van der Waals surface area contributed by atoms with Crippen molar-refractivity contribution in [3.05, 3.63) is 27.9 Å². The summed E-state index contributed by atoms with van der Waals surface area (Å²) in [5.74, 6) is -5.09. The van der Waals surface area contributed by atoms with Gasteiger partial charge in [0.05, 0.1) is 5.69 Å². The van der Waals surface area contributed by atoms with Crippen LogP contribution in [0.3, 0.4) is 0 Å². The molecule has 38 heavy (non-hydrogen) atoms. The molecular formula is C24H33F3N6O5. The third kappa shape index (κ3) is 5.25. The lowest BCUT2D eigenvalue weighted by Gasteiger charge is -2.38. The molecule has 2 unspecified atom stereocenters. The van der Waals surface area contributed by atoms with Crippen LogP contribution in [0.2, 0.25) is 0 Å². The van der Waals surface area contributed by atoms with E-state index in [0.29, 0.717) is 0 Å². The molecule has 1 aliphatic heterocycles. The highest BCUT2D eigenvalue weighted by Crippen LogP contribution is 2.65. The summed E-state index contributed by atoms with van der Waals surface area (Å²) in [7, 11) is 1.48. The summed E-state index contributed by atoms with van der Waals surface area (Å²) < 4.78 is 40.2. The lowest BCUT2D eigenvalue weighted by atomic mass is 9.85. The Bertz CT molecular complexity index is 1240. The molecule has 5 atom stereocenters. The highest BCUT2D eigenvalue weighted by Gasteiger charge is 2.70. The molecule has 210 valence electrons. The van der Waals surface area contributed by atoms with Crippen molar-refractivity contribution >= 4 is 23.6 Å². The molecule has 2 fully saturated rings. The maximum absolute atomic E-state index is 13.6. The number of nitrogens with two attached hydrogens (primary N) is 1. The van der Waals surface area contributed by atoms with Crippen molar-refractivity contribution in [3.8, 4) is 0 Å². The van der Waals surface area contributed by atoms with Crippen LogP contribution in [0.4, 0.5) is 13.2 Å². The summed E-state index contributed by atoms with van der Waals surface area (Å²) in [5, 5.41) is 4.26. The normalized spacial score (nSPS) is 23.7. The van der Waals surface area contributed by atoms with Crippen molar-refractivity contribution in [2.24, 2.45) is 35.4 Å². The predicted octanol–water partition coefficient (Wildman–Crippen LogP) is 0.308. The fourth-order valence-electron chi connectivity index (χ4n) is 5.18. The molecule has 0 spiro atoms. The molecule has 1 aromatic rings. The summed E-state index contributed by atoms with van der Waals surface area (Å²) in [6.45, 7) is 9.89. The van der Waals surface area contributed by atoms with E-state index in [-0.39, 0.29) is 35.3 Å². The minimum Gasteiger partial charge on any atom is -0.368 e. The molecule has 4 N–H and O–H groups in total. The Labute approximate surface area is 217 Å². The molecular weight excluding hydrogens is 509 g/mol. The topological polar surface area (TPSA) is 156 Å². The number of rotatable bonds is 6. The molecule has 4 amide bonds. The van der Waals surface area contributed by atoms with Crippen molar-refractivity contribution < 1.29 is 32.3 Å². The van der Waals surface area contributed by atoms with E-state index in [2.05, 4.69) is 10.3 Å². The number of likely N-dealkylation sites (tertiary alicyclic amines) is 1. The summed E-state index contributed by atoms with van der Waals surface area (Å²) in [5.41, 5.74) is 3.46. The van der Waals surface area contributed by atoms with Crippen LogP contribution < -0.4 is 21.9 Å². The minimum absolute atomic E-state index is 0.0769. The maximum atomic E-state index is 13.6. The van der Waals surface area contributed by atoms with Crippen LogP contribution in [0, 0.1) is 29.6 Å². The van der Waals surface area contributed by atoms with E-state index in [1.54, 1.807) is 5.32 Å². The Balaban J connectivity index is 1.94. The number of nitrogens with one attached hydrogen (secondary N) is 2. The number of aromatic nitrogens is 2. The zero-order valence-electron chi connectivity index (χ0n) is 22.3. The molecule has 1 aliphatic carbocycles. The molecule has 2 heterocycles. The van der Waals surface area contributed by atoms with E-state index in [1.165, 1.54) is 39.3 Å². The SMILES string of the molecule is Cc1nc(C(NC(=O)[C@@H]2[C@@H]3[C@H](CN2C(=O)C(NC(=O)C(F)(F)F)C(C)(C)C)C3(C)C)C(N)=O)cc(=O)n1C. The summed E-state index contributed by atoms with van der Waals surface area (Å²) in [4.78, 5) is 68.7. The van der Waals surface area contributed by atoms with Crippen molar-refractivity contribution in [3.63, 3.8) is 0 Å². The number of hydrogen-bond acceptors (Lipinski definition) is 6. The molecule has 2 aliphatic rings. The summed E-state index contributed by atoms with van der Waals surface area (Å²) in [6, 6.07) is -3.16. The number of hydrogen-bond donors (Lipinski definition) is 3. The quantitative estimate of drug-likeness (QED) is 0.470. The lowest BCUT2D eigenvalue weighted by molar-refractivity contribution is -0.176. The Morgan fingerprint density at radius 3 is 2.21 bits per heavy atom. The van der Waals surface area contributed by atoms with E-state index >= 15 is 0 Å². The van der Waals surface area contributed by atoms with Gasteiger partial charge in [0.15, 0.2) is 6.04 Å². The van der Waals surface area contributed by atoms with E-state index in [0.717, 1.165) is 11.0 Å². The zero-order chi connectivity index (χ0) is 29.1. The first-order chi connectivity index (χ1) is 17.2. The molecule has 1 aromatic heterocycles.